The van der Waals surface area contributed by atoms with Crippen LogP contribution in [-0.2, 0) is 32.0 Å². The van der Waals surface area contributed by atoms with E-state index in [2.05, 4.69) is 20.9 Å². The maximum absolute atomic E-state index is 13.4. The number of rotatable bonds is 14. The monoisotopic (exact) mass is 551 g/mol. The van der Waals surface area contributed by atoms with E-state index in [1.807, 2.05) is 38.1 Å². The van der Waals surface area contributed by atoms with E-state index < -0.39 is 54.5 Å². The van der Waals surface area contributed by atoms with Crippen LogP contribution in [0, 0.1) is 5.92 Å². The molecule has 0 aliphatic rings. The first-order valence-corrected chi connectivity index (χ1v) is 13.2. The van der Waals surface area contributed by atoms with E-state index in [1.54, 1.807) is 36.5 Å². The molecule has 4 unspecified atom stereocenters. The molecular formula is C29H37N5O6. The molecule has 0 aliphatic heterocycles. The van der Waals surface area contributed by atoms with Gasteiger partial charge in [-0.2, -0.15) is 0 Å². The summed E-state index contributed by atoms with van der Waals surface area (Å²) in [4.78, 5) is 54.2. The number of carboxylic acid groups (broad SMARTS) is 1. The van der Waals surface area contributed by atoms with Gasteiger partial charge in [0, 0.05) is 29.9 Å². The first-order chi connectivity index (χ1) is 19.1. The van der Waals surface area contributed by atoms with Gasteiger partial charge in [0.2, 0.25) is 17.7 Å². The lowest BCUT2D eigenvalue weighted by Crippen LogP contribution is -2.58. The third kappa shape index (κ3) is 8.39. The Hall–Kier alpha value is -4.22. The number of aliphatic hydroxyl groups is 1. The van der Waals surface area contributed by atoms with Crippen LogP contribution in [0.25, 0.3) is 10.9 Å². The van der Waals surface area contributed by atoms with Crippen LogP contribution in [0.3, 0.4) is 0 Å². The number of aromatic nitrogens is 1. The van der Waals surface area contributed by atoms with Crippen LogP contribution in [-0.4, -0.2) is 69.7 Å². The summed E-state index contributed by atoms with van der Waals surface area (Å²) in [5.41, 5.74) is 8.17. The average molecular weight is 552 g/mol. The van der Waals surface area contributed by atoms with E-state index >= 15 is 0 Å². The van der Waals surface area contributed by atoms with Crippen LogP contribution < -0.4 is 21.7 Å². The summed E-state index contributed by atoms with van der Waals surface area (Å²) in [5, 5.41) is 28.0. The zero-order valence-electron chi connectivity index (χ0n) is 22.6. The summed E-state index contributed by atoms with van der Waals surface area (Å²) >= 11 is 0. The number of amides is 3. The molecule has 0 aliphatic carbocycles. The highest BCUT2D eigenvalue weighted by Gasteiger charge is 2.31. The van der Waals surface area contributed by atoms with E-state index in [1.165, 1.54) is 0 Å². The van der Waals surface area contributed by atoms with Crippen LogP contribution in [0.5, 0.6) is 0 Å². The molecule has 0 spiro atoms. The summed E-state index contributed by atoms with van der Waals surface area (Å²) in [5.74, 6) is -3.21. The Bertz CT molecular complexity index is 1310. The van der Waals surface area contributed by atoms with Crippen molar-refractivity contribution in [3.63, 3.8) is 0 Å². The number of aromatic amines is 1. The number of aliphatic carboxylic acids is 1. The van der Waals surface area contributed by atoms with Gasteiger partial charge in [-0.05, 0) is 29.5 Å². The smallest absolute Gasteiger partial charge is 0.326 e. The number of aliphatic hydroxyl groups excluding tert-OH is 1. The van der Waals surface area contributed by atoms with Crippen molar-refractivity contribution in [2.75, 3.05) is 6.61 Å². The third-order valence-electron chi connectivity index (χ3n) is 6.51. The Morgan fingerprint density at radius 3 is 2.08 bits per heavy atom. The van der Waals surface area contributed by atoms with Crippen molar-refractivity contribution < 1.29 is 29.4 Å². The number of nitrogens with two attached hydrogens (primary N) is 1. The molecule has 0 radical (unpaired) electrons. The van der Waals surface area contributed by atoms with Gasteiger partial charge in [0.15, 0.2) is 0 Å². The zero-order chi connectivity index (χ0) is 29.2. The molecule has 11 nitrogen and oxygen atoms in total. The molecule has 3 rings (SSSR count). The summed E-state index contributed by atoms with van der Waals surface area (Å²) in [6, 6.07) is 11.6. The van der Waals surface area contributed by atoms with Crippen molar-refractivity contribution in [3.05, 3.63) is 71.9 Å². The molecule has 2 aromatic carbocycles. The van der Waals surface area contributed by atoms with Crippen molar-refractivity contribution >= 4 is 34.6 Å². The van der Waals surface area contributed by atoms with Crippen LogP contribution in [0.4, 0.5) is 0 Å². The Morgan fingerprint density at radius 2 is 1.43 bits per heavy atom. The molecule has 0 fully saturated rings. The van der Waals surface area contributed by atoms with Crippen molar-refractivity contribution in [2.45, 2.75) is 57.3 Å². The lowest BCUT2D eigenvalue weighted by Gasteiger charge is -2.24. The van der Waals surface area contributed by atoms with Gasteiger partial charge in [0.25, 0.3) is 0 Å². The molecule has 0 bridgehead atoms. The Kier molecular flexibility index (Phi) is 10.8. The Morgan fingerprint density at radius 1 is 0.825 bits per heavy atom. The minimum Gasteiger partial charge on any atom is -0.480 e. The molecular weight excluding hydrogens is 514 g/mol. The molecule has 1 heterocycles. The van der Waals surface area contributed by atoms with Gasteiger partial charge < -0.3 is 36.9 Å². The normalized spacial score (nSPS) is 14.2. The second-order valence-electron chi connectivity index (χ2n) is 10.2. The van der Waals surface area contributed by atoms with Crippen LogP contribution in [0.1, 0.15) is 31.4 Å². The van der Waals surface area contributed by atoms with Gasteiger partial charge >= 0.3 is 5.97 Å². The van der Waals surface area contributed by atoms with Crippen LogP contribution in [0.15, 0.2) is 60.8 Å². The maximum Gasteiger partial charge on any atom is 0.326 e. The van der Waals surface area contributed by atoms with E-state index in [0.717, 1.165) is 16.5 Å². The zero-order valence-corrected chi connectivity index (χ0v) is 22.6. The van der Waals surface area contributed by atoms with E-state index in [9.17, 15) is 29.4 Å². The standard InChI is InChI=1S/C29H37N5O6/c1-17(2)12-21(30)26(36)34-25(16-35)28(38)32-23(14-19-15-31-22-11-7-6-10-20(19)22)27(37)33-24(29(39)40)13-18-8-4-3-5-9-18/h3-11,15,17,21,23-25,31,35H,12-14,16,30H2,1-2H3,(H,32,38)(H,33,37)(H,34,36)(H,39,40). The Labute approximate surface area is 232 Å². The first kappa shape index (κ1) is 30.3. The average Bonchev–Trinajstić information content (AvgIpc) is 3.33. The fraction of sp³-hybridized carbons (Fsp3) is 0.379. The topological polar surface area (TPSA) is 187 Å². The number of carbonyl (C=O) groups is 4. The molecule has 0 saturated carbocycles. The van der Waals surface area contributed by atoms with Gasteiger partial charge in [-0.15, -0.1) is 0 Å². The van der Waals surface area contributed by atoms with Crippen molar-refractivity contribution in [3.8, 4) is 0 Å². The molecule has 3 aromatic rings. The minimum absolute atomic E-state index is 0.0260. The Balaban J connectivity index is 1.81. The maximum atomic E-state index is 13.4. The second-order valence-corrected chi connectivity index (χ2v) is 10.2. The number of benzene rings is 2. The predicted molar refractivity (Wildman–Crippen MR) is 150 cm³/mol. The number of nitrogens with one attached hydrogen (secondary N) is 4. The minimum atomic E-state index is -1.36. The molecule has 4 atom stereocenters. The van der Waals surface area contributed by atoms with Crippen molar-refractivity contribution in [2.24, 2.45) is 11.7 Å². The van der Waals surface area contributed by atoms with Gasteiger partial charge in [-0.25, -0.2) is 4.79 Å². The van der Waals surface area contributed by atoms with E-state index in [-0.39, 0.29) is 18.8 Å². The number of H-pyrrole nitrogens is 1. The summed E-state index contributed by atoms with van der Waals surface area (Å²) in [6.07, 6.45) is 2.16. The van der Waals surface area contributed by atoms with Gasteiger partial charge in [-0.1, -0.05) is 62.4 Å². The second kappa shape index (κ2) is 14.2. The van der Waals surface area contributed by atoms with Gasteiger partial charge in [0.1, 0.15) is 18.1 Å². The molecule has 214 valence electrons. The largest absolute Gasteiger partial charge is 0.480 e. The molecule has 1 aromatic heterocycles. The van der Waals surface area contributed by atoms with Crippen molar-refractivity contribution in [1.82, 2.24) is 20.9 Å². The lowest BCUT2D eigenvalue weighted by molar-refractivity contribution is -0.142. The highest BCUT2D eigenvalue weighted by atomic mass is 16.4. The highest BCUT2D eigenvalue weighted by molar-refractivity contribution is 5.95. The molecule has 3 amide bonds. The fourth-order valence-electron chi connectivity index (χ4n) is 4.41. The third-order valence-corrected chi connectivity index (χ3v) is 6.51. The van der Waals surface area contributed by atoms with E-state index in [4.69, 9.17) is 5.73 Å². The number of hydrogen-bond donors (Lipinski definition) is 7. The highest BCUT2D eigenvalue weighted by Crippen LogP contribution is 2.19. The molecule has 8 N–H and O–H groups in total. The summed E-state index contributed by atoms with van der Waals surface area (Å²) in [6.45, 7) is 3.08. The molecule has 40 heavy (non-hydrogen) atoms. The number of carboxylic acids is 1. The van der Waals surface area contributed by atoms with Crippen LogP contribution in [0.2, 0.25) is 0 Å². The van der Waals surface area contributed by atoms with Gasteiger partial charge in [0.05, 0.1) is 12.6 Å². The van der Waals surface area contributed by atoms with Gasteiger partial charge in [-0.3, -0.25) is 14.4 Å². The quantitative estimate of drug-likeness (QED) is 0.155. The number of fused-ring (bicyclic) bond motifs is 1. The molecule has 0 saturated heterocycles. The fourth-order valence-corrected chi connectivity index (χ4v) is 4.41. The first-order valence-electron chi connectivity index (χ1n) is 13.2. The van der Waals surface area contributed by atoms with Crippen molar-refractivity contribution in [1.29, 1.82) is 0 Å². The lowest BCUT2D eigenvalue weighted by atomic mass is 10.0. The number of carbonyl (C=O) groups excluding carboxylic acids is 3. The van der Waals surface area contributed by atoms with E-state index in [0.29, 0.717) is 12.0 Å². The number of hydrogen-bond acceptors (Lipinski definition) is 6. The SMILES string of the molecule is CC(C)CC(N)C(=O)NC(CO)C(=O)NC(Cc1c[nH]c2ccccc12)C(=O)NC(Cc1ccccc1)C(=O)O. The summed E-state index contributed by atoms with van der Waals surface area (Å²) in [7, 11) is 0. The summed E-state index contributed by atoms with van der Waals surface area (Å²) < 4.78 is 0. The van der Waals surface area contributed by atoms with Crippen LogP contribution >= 0.6 is 0 Å². The predicted octanol–water partition coefficient (Wildman–Crippen LogP) is 0.858. The number of para-hydroxylation sites is 1. The molecule has 11 heteroatoms.